The van der Waals surface area contributed by atoms with Crippen molar-refractivity contribution in [2.24, 2.45) is 7.05 Å². The summed E-state index contributed by atoms with van der Waals surface area (Å²) in [5, 5.41) is 8.91. The topological polar surface area (TPSA) is 77.6 Å². The zero-order valence-electron chi connectivity index (χ0n) is 14.6. The summed E-state index contributed by atoms with van der Waals surface area (Å²) in [5.74, 6) is 4.10. The molecule has 3 aromatic heterocycles. The Kier molecular flexibility index (Phi) is 4.17. The van der Waals surface area contributed by atoms with Gasteiger partial charge in [0.15, 0.2) is 5.82 Å². The van der Waals surface area contributed by atoms with E-state index < -0.39 is 0 Å². The van der Waals surface area contributed by atoms with Gasteiger partial charge in [0.1, 0.15) is 11.6 Å². The Morgan fingerprint density at radius 2 is 1.96 bits per heavy atom. The number of rotatable bonds is 4. The normalized spacial score (nSPS) is 17.8. The van der Waals surface area contributed by atoms with Gasteiger partial charge in [-0.3, -0.25) is 0 Å². The molecule has 0 N–H and O–H groups in total. The molecule has 0 unspecified atom stereocenters. The first-order valence-corrected chi connectivity index (χ1v) is 8.60. The maximum atomic E-state index is 4.49. The second-order valence-corrected chi connectivity index (χ2v) is 6.47. The molecule has 0 aliphatic carbocycles. The quantitative estimate of drug-likeness (QED) is 0.718. The van der Waals surface area contributed by atoms with Gasteiger partial charge in [-0.25, -0.2) is 15.0 Å². The number of piperidine rings is 1. The largest absolute Gasteiger partial charge is 0.340 e. The van der Waals surface area contributed by atoms with E-state index in [1.807, 2.05) is 25.4 Å². The molecule has 1 fully saturated rings. The fourth-order valence-corrected chi connectivity index (χ4v) is 3.42. The van der Waals surface area contributed by atoms with Crippen molar-refractivity contribution < 1.29 is 0 Å². The maximum Gasteiger partial charge on any atom is 0.225 e. The van der Waals surface area contributed by atoms with Crippen molar-refractivity contribution in [1.82, 2.24) is 34.3 Å². The van der Waals surface area contributed by atoms with Crippen molar-refractivity contribution in [2.45, 2.75) is 32.2 Å². The molecule has 0 saturated carbocycles. The summed E-state index contributed by atoms with van der Waals surface area (Å²) in [4.78, 5) is 15.3. The third-order valence-corrected chi connectivity index (χ3v) is 4.86. The minimum atomic E-state index is 0.340. The summed E-state index contributed by atoms with van der Waals surface area (Å²) in [5.41, 5.74) is 0. The lowest BCUT2D eigenvalue weighted by molar-refractivity contribution is 0.473. The van der Waals surface area contributed by atoms with E-state index in [0.29, 0.717) is 12.5 Å². The van der Waals surface area contributed by atoms with Crippen molar-refractivity contribution in [3.63, 3.8) is 0 Å². The molecule has 1 aliphatic heterocycles. The van der Waals surface area contributed by atoms with Crippen LogP contribution in [-0.2, 0) is 13.6 Å². The van der Waals surface area contributed by atoms with Gasteiger partial charge in [-0.05, 0) is 25.8 Å². The van der Waals surface area contributed by atoms with Gasteiger partial charge in [0.25, 0.3) is 0 Å². The molecular weight excluding hydrogens is 316 g/mol. The van der Waals surface area contributed by atoms with Gasteiger partial charge in [0, 0.05) is 50.8 Å². The first kappa shape index (κ1) is 15.7. The number of imidazole rings is 1. The summed E-state index contributed by atoms with van der Waals surface area (Å²) in [6.45, 7) is 4.54. The smallest absolute Gasteiger partial charge is 0.225 e. The van der Waals surface area contributed by atoms with Crippen LogP contribution in [0.2, 0.25) is 0 Å². The summed E-state index contributed by atoms with van der Waals surface area (Å²) in [6.07, 6.45) is 9.58. The molecule has 8 heteroatoms. The fourth-order valence-electron chi connectivity index (χ4n) is 3.42. The highest BCUT2D eigenvalue weighted by atomic mass is 15.3. The van der Waals surface area contributed by atoms with Gasteiger partial charge >= 0.3 is 0 Å². The van der Waals surface area contributed by atoms with Crippen LogP contribution < -0.4 is 4.90 Å². The second-order valence-electron chi connectivity index (χ2n) is 6.47. The van der Waals surface area contributed by atoms with Crippen molar-refractivity contribution in [3.05, 3.63) is 48.3 Å². The number of hydrogen-bond donors (Lipinski definition) is 0. The minimum absolute atomic E-state index is 0.340. The predicted octanol–water partition coefficient (Wildman–Crippen LogP) is 1.54. The van der Waals surface area contributed by atoms with Crippen LogP contribution in [0.3, 0.4) is 0 Å². The molecule has 4 heterocycles. The van der Waals surface area contributed by atoms with Crippen molar-refractivity contribution in [1.29, 1.82) is 0 Å². The van der Waals surface area contributed by atoms with Crippen LogP contribution in [-0.4, -0.2) is 47.4 Å². The van der Waals surface area contributed by atoms with Crippen LogP contribution >= 0.6 is 0 Å². The molecule has 130 valence electrons. The van der Waals surface area contributed by atoms with E-state index in [0.717, 1.165) is 49.4 Å². The average Bonchev–Trinajstić information content (AvgIpc) is 3.22. The SMILES string of the molecule is Cc1nccn1Cc1nnc([C@@H]2CCCN(c3ncccn3)C2)n1C. The van der Waals surface area contributed by atoms with E-state index in [1.165, 1.54) is 0 Å². The van der Waals surface area contributed by atoms with Crippen molar-refractivity contribution in [3.8, 4) is 0 Å². The Morgan fingerprint density at radius 3 is 2.72 bits per heavy atom. The second kappa shape index (κ2) is 6.62. The Hall–Kier alpha value is -2.77. The lowest BCUT2D eigenvalue weighted by atomic mass is 9.97. The summed E-state index contributed by atoms with van der Waals surface area (Å²) in [6, 6.07) is 1.85. The Balaban J connectivity index is 1.53. The molecular formula is C17H22N8. The van der Waals surface area contributed by atoms with Gasteiger partial charge in [0.2, 0.25) is 5.95 Å². The standard InChI is InChI=1S/C17H22N8/c1-13-18-8-10-24(13)12-15-21-22-16(23(15)2)14-5-3-9-25(11-14)17-19-6-4-7-20-17/h4,6-8,10,14H,3,5,9,11-12H2,1-2H3/t14-/m1/s1. The first-order valence-electron chi connectivity index (χ1n) is 8.60. The maximum absolute atomic E-state index is 4.49. The molecule has 1 atom stereocenters. The fraction of sp³-hybridized carbons (Fsp3) is 0.471. The van der Waals surface area contributed by atoms with Crippen LogP contribution in [0.15, 0.2) is 30.9 Å². The van der Waals surface area contributed by atoms with E-state index in [1.54, 1.807) is 12.4 Å². The molecule has 0 aromatic carbocycles. The minimum Gasteiger partial charge on any atom is -0.340 e. The monoisotopic (exact) mass is 338 g/mol. The highest BCUT2D eigenvalue weighted by Gasteiger charge is 2.27. The van der Waals surface area contributed by atoms with Crippen LogP contribution in [0.4, 0.5) is 5.95 Å². The summed E-state index contributed by atoms with van der Waals surface area (Å²) in [7, 11) is 2.05. The third-order valence-electron chi connectivity index (χ3n) is 4.86. The van der Waals surface area contributed by atoms with Crippen LogP contribution in [0.5, 0.6) is 0 Å². The van der Waals surface area contributed by atoms with Gasteiger partial charge in [-0.2, -0.15) is 0 Å². The molecule has 3 aromatic rings. The Morgan fingerprint density at radius 1 is 1.12 bits per heavy atom. The van der Waals surface area contributed by atoms with E-state index in [9.17, 15) is 0 Å². The van der Waals surface area contributed by atoms with Gasteiger partial charge in [0.05, 0.1) is 6.54 Å². The van der Waals surface area contributed by atoms with Crippen LogP contribution in [0.25, 0.3) is 0 Å². The van der Waals surface area contributed by atoms with Crippen LogP contribution in [0.1, 0.15) is 36.2 Å². The molecule has 1 saturated heterocycles. The van der Waals surface area contributed by atoms with Gasteiger partial charge < -0.3 is 14.0 Å². The Bertz CT molecular complexity index is 837. The molecule has 0 amide bonds. The lowest BCUT2D eigenvalue weighted by Gasteiger charge is -2.32. The number of anilines is 1. The zero-order valence-corrected chi connectivity index (χ0v) is 14.6. The van der Waals surface area contributed by atoms with Crippen LogP contribution in [0, 0.1) is 6.92 Å². The molecule has 1 aliphatic rings. The Labute approximate surface area is 146 Å². The molecule has 25 heavy (non-hydrogen) atoms. The molecule has 0 spiro atoms. The molecule has 0 radical (unpaired) electrons. The number of nitrogens with zero attached hydrogens (tertiary/aromatic N) is 8. The van der Waals surface area contributed by atoms with E-state index in [-0.39, 0.29) is 0 Å². The number of hydrogen-bond acceptors (Lipinski definition) is 6. The predicted molar refractivity (Wildman–Crippen MR) is 93.3 cm³/mol. The van der Waals surface area contributed by atoms with E-state index >= 15 is 0 Å². The van der Waals surface area contributed by atoms with E-state index in [4.69, 9.17) is 0 Å². The number of aromatic nitrogens is 7. The van der Waals surface area contributed by atoms with Gasteiger partial charge in [-0.1, -0.05) is 0 Å². The molecule has 8 nitrogen and oxygen atoms in total. The number of aryl methyl sites for hydroxylation is 1. The highest BCUT2D eigenvalue weighted by Crippen LogP contribution is 2.27. The van der Waals surface area contributed by atoms with Crippen molar-refractivity contribution in [2.75, 3.05) is 18.0 Å². The molecule has 4 rings (SSSR count). The van der Waals surface area contributed by atoms with E-state index in [2.05, 4.69) is 46.2 Å². The summed E-state index contributed by atoms with van der Waals surface area (Å²) >= 11 is 0. The molecule has 0 bridgehead atoms. The average molecular weight is 338 g/mol. The summed E-state index contributed by atoms with van der Waals surface area (Å²) < 4.78 is 4.21. The van der Waals surface area contributed by atoms with Crippen molar-refractivity contribution >= 4 is 5.95 Å². The first-order chi connectivity index (χ1) is 12.2. The zero-order chi connectivity index (χ0) is 17.2. The third kappa shape index (κ3) is 3.11. The van der Waals surface area contributed by atoms with Gasteiger partial charge in [-0.15, -0.1) is 10.2 Å². The highest BCUT2D eigenvalue weighted by molar-refractivity contribution is 5.30. The lowest BCUT2D eigenvalue weighted by Crippen LogP contribution is -2.36.